The van der Waals surface area contributed by atoms with E-state index < -0.39 is 37.3 Å². The second-order valence-electron chi connectivity index (χ2n) is 8.89. The lowest BCUT2D eigenvalue weighted by molar-refractivity contribution is -0.316. The molecule has 0 amide bonds. The Morgan fingerprint density at radius 1 is 1.15 bits per heavy atom. The highest BCUT2D eigenvalue weighted by Crippen LogP contribution is 2.47. The predicted octanol–water partition coefficient (Wildman–Crippen LogP) is 0.405. The molecule has 0 radical (unpaired) electrons. The van der Waals surface area contributed by atoms with Gasteiger partial charge < -0.3 is 35.0 Å². The molecule has 0 spiro atoms. The topological polar surface area (TPSA) is 120 Å². The van der Waals surface area contributed by atoms with E-state index in [1.807, 2.05) is 6.92 Å². The third-order valence-electron chi connectivity index (χ3n) is 6.15. The molecule has 9 atom stereocenters. The van der Waals surface area contributed by atoms with Gasteiger partial charge in [0.1, 0.15) is 24.4 Å². The van der Waals surface area contributed by atoms with Crippen LogP contribution in [0.4, 0.5) is 0 Å². The molecular weight excluding hydrogens is 340 g/mol. The van der Waals surface area contributed by atoms with E-state index in [9.17, 15) is 25.5 Å². The number of aliphatic hydroxyl groups excluding tert-OH is 5. The van der Waals surface area contributed by atoms with Crippen molar-refractivity contribution in [3.63, 3.8) is 0 Å². The Hall–Kier alpha value is -0.280. The lowest BCUT2D eigenvalue weighted by Gasteiger charge is -2.48. The van der Waals surface area contributed by atoms with Crippen LogP contribution in [0.2, 0.25) is 0 Å². The smallest absolute Gasteiger partial charge is 0.186 e. The van der Waals surface area contributed by atoms with E-state index >= 15 is 0 Å². The Labute approximate surface area is 155 Å². The van der Waals surface area contributed by atoms with Crippen molar-refractivity contribution >= 4 is 0 Å². The summed E-state index contributed by atoms with van der Waals surface area (Å²) in [6.45, 7) is 7.92. The highest BCUT2D eigenvalue weighted by molar-refractivity contribution is 4.93. The number of hydrogen-bond acceptors (Lipinski definition) is 7. The van der Waals surface area contributed by atoms with Crippen LogP contribution in [0.5, 0.6) is 0 Å². The summed E-state index contributed by atoms with van der Waals surface area (Å²) in [5.74, 6) is 0.846. The van der Waals surface area contributed by atoms with Gasteiger partial charge in [-0.25, -0.2) is 0 Å². The van der Waals surface area contributed by atoms with Crippen LogP contribution >= 0.6 is 0 Å². The molecule has 7 heteroatoms. The van der Waals surface area contributed by atoms with Crippen LogP contribution in [-0.2, 0) is 9.47 Å². The molecule has 1 saturated carbocycles. The van der Waals surface area contributed by atoms with Crippen LogP contribution in [0.3, 0.4) is 0 Å². The molecule has 0 bridgehead atoms. The second kappa shape index (κ2) is 8.82. The summed E-state index contributed by atoms with van der Waals surface area (Å²) in [5.41, 5.74) is 0.00531. The number of hydrogen-bond donors (Lipinski definition) is 5. The van der Waals surface area contributed by atoms with Gasteiger partial charge in [0.05, 0.1) is 18.8 Å². The maximum absolute atomic E-state index is 10.2. The van der Waals surface area contributed by atoms with E-state index in [0.717, 1.165) is 25.7 Å². The predicted molar refractivity (Wildman–Crippen MR) is 95.2 cm³/mol. The van der Waals surface area contributed by atoms with Gasteiger partial charge in [-0.05, 0) is 49.9 Å². The minimum Gasteiger partial charge on any atom is -0.394 e. The van der Waals surface area contributed by atoms with Gasteiger partial charge in [-0.1, -0.05) is 20.8 Å². The van der Waals surface area contributed by atoms with E-state index in [1.165, 1.54) is 0 Å². The van der Waals surface area contributed by atoms with Gasteiger partial charge in [-0.3, -0.25) is 0 Å². The second-order valence-corrected chi connectivity index (χ2v) is 8.89. The summed E-state index contributed by atoms with van der Waals surface area (Å²) < 4.78 is 11.4. The first-order chi connectivity index (χ1) is 12.1. The first kappa shape index (κ1) is 22.0. The van der Waals surface area contributed by atoms with Crippen molar-refractivity contribution in [2.24, 2.45) is 17.3 Å². The molecule has 0 aromatic rings. The van der Waals surface area contributed by atoms with Gasteiger partial charge in [0.25, 0.3) is 0 Å². The van der Waals surface area contributed by atoms with Crippen molar-refractivity contribution in [2.45, 2.75) is 96.3 Å². The molecule has 0 aromatic heterocycles. The molecule has 5 N–H and O–H groups in total. The zero-order chi connectivity index (χ0) is 19.6. The summed E-state index contributed by atoms with van der Waals surface area (Å²) in [6, 6.07) is 0. The monoisotopic (exact) mass is 376 g/mol. The lowest BCUT2D eigenvalue weighted by Crippen LogP contribution is -2.60. The molecular formula is C19H36O7. The number of ether oxygens (including phenoxy) is 2. The van der Waals surface area contributed by atoms with Crippen LogP contribution in [-0.4, -0.2) is 75.1 Å². The van der Waals surface area contributed by atoms with Crippen LogP contribution in [0.25, 0.3) is 0 Å². The standard InChI is InChI=1S/C19H36O7/c1-10-7-12(8-19(3,4)13(10)6-5-11(2)21)25-18-17(24)16(23)15(22)14(9-20)26-18/h10-18,20-24H,5-9H2,1-4H3/t10-,11-,12+,13+,14-,15-,16+,17-,18-/m1/s1. The van der Waals surface area contributed by atoms with Crippen LogP contribution in [0.15, 0.2) is 0 Å². The fourth-order valence-corrected chi connectivity index (χ4v) is 4.74. The van der Waals surface area contributed by atoms with E-state index in [2.05, 4.69) is 20.8 Å². The Bertz CT molecular complexity index is 440. The molecule has 7 nitrogen and oxygen atoms in total. The minimum atomic E-state index is -1.42. The normalized spacial score (nSPS) is 44.7. The molecule has 154 valence electrons. The first-order valence-electron chi connectivity index (χ1n) is 9.70. The summed E-state index contributed by atoms with van der Waals surface area (Å²) in [5, 5.41) is 48.9. The molecule has 0 aromatic carbocycles. The third-order valence-corrected chi connectivity index (χ3v) is 6.15. The van der Waals surface area contributed by atoms with Crippen molar-refractivity contribution in [1.29, 1.82) is 0 Å². The Kier molecular flexibility index (Phi) is 7.46. The summed E-state index contributed by atoms with van der Waals surface area (Å²) >= 11 is 0. The fourth-order valence-electron chi connectivity index (χ4n) is 4.74. The van der Waals surface area contributed by atoms with E-state index in [0.29, 0.717) is 11.8 Å². The average Bonchev–Trinajstić information content (AvgIpc) is 2.53. The largest absolute Gasteiger partial charge is 0.394 e. The van der Waals surface area contributed by atoms with Crippen molar-refractivity contribution < 1.29 is 35.0 Å². The Morgan fingerprint density at radius 3 is 2.35 bits per heavy atom. The van der Waals surface area contributed by atoms with Crippen molar-refractivity contribution in [2.75, 3.05) is 6.61 Å². The first-order valence-corrected chi connectivity index (χ1v) is 9.70. The van der Waals surface area contributed by atoms with Gasteiger partial charge in [-0.15, -0.1) is 0 Å². The molecule has 0 unspecified atom stereocenters. The summed E-state index contributed by atoms with van der Waals surface area (Å²) in [6.07, 6.45) is -3.34. The molecule has 1 aliphatic heterocycles. The summed E-state index contributed by atoms with van der Waals surface area (Å²) in [7, 11) is 0. The zero-order valence-electron chi connectivity index (χ0n) is 16.3. The molecule has 2 fully saturated rings. The van der Waals surface area contributed by atoms with Gasteiger partial charge >= 0.3 is 0 Å². The van der Waals surface area contributed by atoms with Crippen LogP contribution in [0, 0.1) is 17.3 Å². The van der Waals surface area contributed by atoms with Crippen molar-refractivity contribution in [1.82, 2.24) is 0 Å². The molecule has 1 saturated heterocycles. The molecule has 2 rings (SSSR count). The van der Waals surface area contributed by atoms with Crippen molar-refractivity contribution in [3.8, 4) is 0 Å². The van der Waals surface area contributed by atoms with Gasteiger partial charge in [-0.2, -0.15) is 0 Å². The third kappa shape index (κ3) is 4.95. The van der Waals surface area contributed by atoms with E-state index in [4.69, 9.17) is 9.47 Å². The van der Waals surface area contributed by atoms with E-state index in [-0.39, 0.29) is 17.6 Å². The average molecular weight is 376 g/mol. The lowest BCUT2D eigenvalue weighted by atomic mass is 9.61. The number of aliphatic hydroxyl groups is 5. The maximum Gasteiger partial charge on any atom is 0.186 e. The highest BCUT2D eigenvalue weighted by Gasteiger charge is 2.47. The Morgan fingerprint density at radius 2 is 1.81 bits per heavy atom. The van der Waals surface area contributed by atoms with Gasteiger partial charge in [0.15, 0.2) is 6.29 Å². The van der Waals surface area contributed by atoms with Crippen LogP contribution in [0.1, 0.15) is 53.4 Å². The molecule has 1 aliphatic carbocycles. The van der Waals surface area contributed by atoms with Gasteiger partial charge in [0, 0.05) is 0 Å². The zero-order valence-corrected chi connectivity index (χ0v) is 16.3. The molecule has 1 heterocycles. The summed E-state index contributed by atoms with van der Waals surface area (Å²) in [4.78, 5) is 0. The number of rotatable bonds is 6. The Balaban J connectivity index is 2.00. The minimum absolute atomic E-state index is 0.00531. The van der Waals surface area contributed by atoms with Crippen molar-refractivity contribution in [3.05, 3.63) is 0 Å². The maximum atomic E-state index is 10.2. The fraction of sp³-hybridized carbons (Fsp3) is 1.00. The van der Waals surface area contributed by atoms with Crippen LogP contribution < -0.4 is 0 Å². The molecule has 26 heavy (non-hydrogen) atoms. The van der Waals surface area contributed by atoms with E-state index in [1.54, 1.807) is 0 Å². The quantitative estimate of drug-likeness (QED) is 0.455. The SMILES string of the molecule is C[C@@H]1C[C@H](O[C@@H]2O[C@H](CO)[C@@H](O)[C@H](O)[C@H]2O)CC(C)(C)[C@H]1CC[C@@H](C)O. The molecule has 2 aliphatic rings. The van der Waals surface area contributed by atoms with Gasteiger partial charge in [0.2, 0.25) is 0 Å². The highest BCUT2D eigenvalue weighted by atomic mass is 16.7.